The van der Waals surface area contributed by atoms with Crippen molar-refractivity contribution in [1.29, 1.82) is 0 Å². The number of likely N-dealkylation sites (N-methyl/N-ethyl adjacent to an activating group) is 1. The van der Waals surface area contributed by atoms with Crippen LogP contribution in [0.5, 0.6) is 0 Å². The lowest BCUT2D eigenvalue weighted by atomic mass is 10.1. The highest BCUT2D eigenvalue weighted by Gasteiger charge is 2.28. The average molecular weight is 283 g/mol. The number of hydrogen-bond acceptors (Lipinski definition) is 4. The second-order valence-electron chi connectivity index (χ2n) is 4.57. The van der Waals surface area contributed by atoms with E-state index in [9.17, 15) is 4.79 Å². The predicted molar refractivity (Wildman–Crippen MR) is 75.0 cm³/mol. The fourth-order valence-corrected chi connectivity index (χ4v) is 2.46. The molecule has 1 atom stereocenters. The molecule has 1 unspecified atom stereocenters. The number of carbonyl (C=O) groups is 1. The summed E-state index contributed by atoms with van der Waals surface area (Å²) in [6.45, 7) is 5.73. The van der Waals surface area contributed by atoms with Crippen molar-refractivity contribution >= 4 is 17.5 Å². The van der Waals surface area contributed by atoms with Crippen LogP contribution >= 0.6 is 11.6 Å². The zero-order valence-corrected chi connectivity index (χ0v) is 11.8. The predicted octanol–water partition coefficient (Wildman–Crippen LogP) is 0.645. The lowest BCUT2D eigenvalue weighted by Gasteiger charge is -2.35. The molecule has 0 spiro atoms. The minimum absolute atomic E-state index is 0.0786. The highest BCUT2D eigenvalue weighted by atomic mass is 35.5. The number of aromatic nitrogens is 1. The number of amides is 1. The van der Waals surface area contributed by atoms with Crippen molar-refractivity contribution in [2.24, 2.45) is 0 Å². The molecular formula is C13H19ClN4O. The van der Waals surface area contributed by atoms with Crippen LogP contribution in [0.25, 0.3) is 0 Å². The van der Waals surface area contributed by atoms with Gasteiger partial charge in [0.1, 0.15) is 11.2 Å². The molecule has 6 heteroatoms. The van der Waals surface area contributed by atoms with Crippen LogP contribution in [0.4, 0.5) is 0 Å². The van der Waals surface area contributed by atoms with Crippen molar-refractivity contribution < 1.29 is 4.79 Å². The van der Waals surface area contributed by atoms with Crippen molar-refractivity contribution in [1.82, 2.24) is 20.5 Å². The molecule has 1 aromatic heterocycles. The Morgan fingerprint density at radius 3 is 3.26 bits per heavy atom. The fourth-order valence-electron chi connectivity index (χ4n) is 2.26. The first kappa shape index (κ1) is 14.2. The summed E-state index contributed by atoms with van der Waals surface area (Å²) in [5.41, 5.74) is 1.08. The van der Waals surface area contributed by atoms with E-state index in [1.54, 1.807) is 6.20 Å². The van der Waals surface area contributed by atoms with Gasteiger partial charge in [-0.05, 0) is 24.6 Å². The van der Waals surface area contributed by atoms with Crippen molar-refractivity contribution in [3.63, 3.8) is 0 Å². The number of pyridine rings is 1. The number of nitrogens with zero attached hydrogens (tertiary/aromatic N) is 2. The number of piperazine rings is 1. The molecule has 0 saturated carbocycles. The molecule has 1 saturated heterocycles. The van der Waals surface area contributed by atoms with Gasteiger partial charge < -0.3 is 10.6 Å². The summed E-state index contributed by atoms with van der Waals surface area (Å²) >= 11 is 5.89. The fraction of sp³-hybridized carbons (Fsp3) is 0.538. The molecule has 2 rings (SSSR count). The van der Waals surface area contributed by atoms with Crippen LogP contribution in [0.3, 0.4) is 0 Å². The molecule has 1 amide bonds. The molecule has 0 radical (unpaired) electrons. The SMILES string of the molecule is CCNC(=O)C1CNCCN1Cc1ccnc(Cl)c1. The van der Waals surface area contributed by atoms with Gasteiger partial charge >= 0.3 is 0 Å². The summed E-state index contributed by atoms with van der Waals surface area (Å²) in [4.78, 5) is 18.2. The Kier molecular flexibility index (Phi) is 5.13. The third-order valence-electron chi connectivity index (χ3n) is 3.18. The van der Waals surface area contributed by atoms with Crippen LogP contribution in [0, 0.1) is 0 Å². The first-order valence-corrected chi connectivity index (χ1v) is 6.91. The molecule has 0 aliphatic carbocycles. The molecule has 0 bridgehead atoms. The largest absolute Gasteiger partial charge is 0.355 e. The van der Waals surface area contributed by atoms with Crippen LogP contribution in [-0.2, 0) is 11.3 Å². The second-order valence-corrected chi connectivity index (χ2v) is 4.96. The Bertz CT molecular complexity index is 440. The van der Waals surface area contributed by atoms with E-state index in [1.807, 2.05) is 19.1 Å². The van der Waals surface area contributed by atoms with Gasteiger partial charge in [0.2, 0.25) is 5.91 Å². The zero-order valence-electron chi connectivity index (χ0n) is 11.0. The van der Waals surface area contributed by atoms with E-state index in [0.717, 1.165) is 18.7 Å². The topological polar surface area (TPSA) is 57.3 Å². The number of nitrogens with one attached hydrogen (secondary N) is 2. The highest BCUT2D eigenvalue weighted by Crippen LogP contribution is 2.13. The summed E-state index contributed by atoms with van der Waals surface area (Å²) in [5.74, 6) is 0.0786. The van der Waals surface area contributed by atoms with Gasteiger partial charge in [0.05, 0.1) is 0 Å². The quantitative estimate of drug-likeness (QED) is 0.796. The average Bonchev–Trinajstić information content (AvgIpc) is 2.39. The number of rotatable bonds is 4. The third kappa shape index (κ3) is 3.89. The molecule has 2 heterocycles. The second kappa shape index (κ2) is 6.84. The smallest absolute Gasteiger partial charge is 0.238 e. The van der Waals surface area contributed by atoms with Crippen LogP contribution in [-0.4, -0.2) is 48.0 Å². The minimum atomic E-state index is -0.124. The van der Waals surface area contributed by atoms with Crippen molar-refractivity contribution in [2.45, 2.75) is 19.5 Å². The number of halogens is 1. The minimum Gasteiger partial charge on any atom is -0.355 e. The van der Waals surface area contributed by atoms with Gasteiger partial charge in [-0.1, -0.05) is 11.6 Å². The van der Waals surface area contributed by atoms with Crippen LogP contribution in [0.1, 0.15) is 12.5 Å². The zero-order chi connectivity index (χ0) is 13.7. The van der Waals surface area contributed by atoms with E-state index < -0.39 is 0 Å². The molecule has 5 nitrogen and oxygen atoms in total. The van der Waals surface area contributed by atoms with E-state index in [0.29, 0.717) is 24.8 Å². The summed E-state index contributed by atoms with van der Waals surface area (Å²) < 4.78 is 0. The molecule has 1 aliphatic heterocycles. The highest BCUT2D eigenvalue weighted by molar-refractivity contribution is 6.29. The van der Waals surface area contributed by atoms with Crippen molar-refractivity contribution in [3.8, 4) is 0 Å². The van der Waals surface area contributed by atoms with Crippen LogP contribution < -0.4 is 10.6 Å². The van der Waals surface area contributed by atoms with Crippen LogP contribution in [0.15, 0.2) is 18.3 Å². The van der Waals surface area contributed by atoms with Gasteiger partial charge in [-0.3, -0.25) is 9.69 Å². The summed E-state index contributed by atoms with van der Waals surface area (Å²) in [5, 5.41) is 6.63. The van der Waals surface area contributed by atoms with E-state index in [1.165, 1.54) is 0 Å². The maximum absolute atomic E-state index is 12.0. The lowest BCUT2D eigenvalue weighted by molar-refractivity contribution is -0.127. The van der Waals surface area contributed by atoms with Gasteiger partial charge in [0.15, 0.2) is 0 Å². The molecule has 2 N–H and O–H groups in total. The maximum Gasteiger partial charge on any atom is 0.238 e. The van der Waals surface area contributed by atoms with Gasteiger partial charge in [-0.2, -0.15) is 0 Å². The Morgan fingerprint density at radius 2 is 2.53 bits per heavy atom. The first-order valence-electron chi connectivity index (χ1n) is 6.53. The Hall–Kier alpha value is -1.17. The van der Waals surface area contributed by atoms with Gasteiger partial charge in [0, 0.05) is 38.9 Å². The standard InChI is InChI=1S/C13H19ClN4O/c1-2-16-13(19)11-8-15-5-6-18(11)9-10-3-4-17-12(14)7-10/h3-4,7,11,15H,2,5-6,8-9H2,1H3,(H,16,19). The molecule has 19 heavy (non-hydrogen) atoms. The molecule has 1 fully saturated rings. The van der Waals surface area contributed by atoms with Gasteiger partial charge in [-0.15, -0.1) is 0 Å². The lowest BCUT2D eigenvalue weighted by Crippen LogP contribution is -2.57. The normalized spacial score (nSPS) is 20.2. The van der Waals surface area contributed by atoms with E-state index in [-0.39, 0.29) is 11.9 Å². The van der Waals surface area contributed by atoms with Crippen molar-refractivity contribution in [3.05, 3.63) is 29.0 Å². The molecular weight excluding hydrogens is 264 g/mol. The Morgan fingerprint density at radius 1 is 1.68 bits per heavy atom. The summed E-state index contributed by atoms with van der Waals surface area (Å²) in [7, 11) is 0. The number of hydrogen-bond donors (Lipinski definition) is 2. The van der Waals surface area contributed by atoms with E-state index >= 15 is 0 Å². The maximum atomic E-state index is 12.0. The molecule has 1 aromatic rings. The third-order valence-corrected chi connectivity index (χ3v) is 3.39. The first-order chi connectivity index (χ1) is 9.20. The Balaban J connectivity index is 2.05. The monoisotopic (exact) mass is 282 g/mol. The Labute approximate surface area is 118 Å². The van der Waals surface area contributed by atoms with Gasteiger partial charge in [-0.25, -0.2) is 4.98 Å². The number of carbonyl (C=O) groups excluding carboxylic acids is 1. The molecule has 0 aromatic carbocycles. The molecule has 1 aliphatic rings. The van der Waals surface area contributed by atoms with Crippen molar-refractivity contribution in [2.75, 3.05) is 26.2 Å². The summed E-state index contributed by atoms with van der Waals surface area (Å²) in [6.07, 6.45) is 1.70. The van der Waals surface area contributed by atoms with E-state index in [2.05, 4.69) is 20.5 Å². The van der Waals surface area contributed by atoms with Crippen LogP contribution in [0.2, 0.25) is 5.15 Å². The summed E-state index contributed by atoms with van der Waals surface area (Å²) in [6, 6.07) is 3.65. The molecule has 104 valence electrons. The van der Waals surface area contributed by atoms with Gasteiger partial charge in [0.25, 0.3) is 0 Å². The van der Waals surface area contributed by atoms with E-state index in [4.69, 9.17) is 11.6 Å².